The standard InChI is InChI=1S/C24H30N4O2/c1-23(2,3)20(27-15-7-8-16-27)21(29)28-17-11-24(12-18-28,22(30)26-14-13-25)19-9-5-4-6-10-19/h4-10,15-16,20H,11-12,14,17-18H2,1-3H3,(H,26,30). The number of rotatable bonds is 5. The summed E-state index contributed by atoms with van der Waals surface area (Å²) in [5, 5.41) is 11.6. The third kappa shape index (κ3) is 4.25. The molecule has 0 radical (unpaired) electrons. The van der Waals surface area contributed by atoms with Crippen LogP contribution in [-0.2, 0) is 15.0 Å². The fraction of sp³-hybridized carbons (Fsp3) is 0.458. The smallest absolute Gasteiger partial charge is 0.246 e. The molecule has 1 N–H and O–H groups in total. The molecule has 6 nitrogen and oxygen atoms in total. The molecule has 1 aromatic heterocycles. The highest BCUT2D eigenvalue weighted by Crippen LogP contribution is 2.38. The summed E-state index contributed by atoms with van der Waals surface area (Å²) in [6.45, 7) is 7.20. The predicted octanol–water partition coefficient (Wildman–Crippen LogP) is 3.28. The van der Waals surface area contributed by atoms with Gasteiger partial charge in [0.2, 0.25) is 11.8 Å². The van der Waals surface area contributed by atoms with Gasteiger partial charge in [-0.15, -0.1) is 0 Å². The summed E-state index contributed by atoms with van der Waals surface area (Å²) in [5.74, 6) is -0.0575. The van der Waals surface area contributed by atoms with Crippen molar-refractivity contribution in [3.63, 3.8) is 0 Å². The lowest BCUT2D eigenvalue weighted by atomic mass is 9.71. The van der Waals surface area contributed by atoms with Crippen molar-refractivity contribution in [1.29, 1.82) is 5.26 Å². The second kappa shape index (κ2) is 8.74. The minimum atomic E-state index is -0.723. The monoisotopic (exact) mass is 406 g/mol. The van der Waals surface area contributed by atoms with Gasteiger partial charge in [-0.25, -0.2) is 0 Å². The van der Waals surface area contributed by atoms with Crippen molar-refractivity contribution in [2.45, 2.75) is 45.1 Å². The van der Waals surface area contributed by atoms with Gasteiger partial charge in [0.15, 0.2) is 0 Å². The van der Waals surface area contributed by atoms with E-state index >= 15 is 0 Å². The van der Waals surface area contributed by atoms with Crippen molar-refractivity contribution in [2.24, 2.45) is 5.41 Å². The molecule has 0 bridgehead atoms. The summed E-state index contributed by atoms with van der Waals surface area (Å²) in [5.41, 5.74) is -0.0290. The van der Waals surface area contributed by atoms with Gasteiger partial charge in [0, 0.05) is 25.5 Å². The van der Waals surface area contributed by atoms with Crippen LogP contribution in [0.4, 0.5) is 0 Å². The summed E-state index contributed by atoms with van der Waals surface area (Å²) in [7, 11) is 0. The van der Waals surface area contributed by atoms with E-state index in [1.165, 1.54) is 0 Å². The van der Waals surface area contributed by atoms with E-state index < -0.39 is 5.41 Å². The van der Waals surface area contributed by atoms with Crippen molar-refractivity contribution < 1.29 is 9.59 Å². The van der Waals surface area contributed by atoms with Gasteiger partial charge in [0.05, 0.1) is 11.5 Å². The van der Waals surface area contributed by atoms with Crippen molar-refractivity contribution in [3.05, 3.63) is 60.4 Å². The average Bonchev–Trinajstić information content (AvgIpc) is 3.25. The van der Waals surface area contributed by atoms with Crippen molar-refractivity contribution in [2.75, 3.05) is 19.6 Å². The predicted molar refractivity (Wildman–Crippen MR) is 115 cm³/mol. The number of amides is 2. The number of nitriles is 1. The maximum atomic E-state index is 13.5. The van der Waals surface area contributed by atoms with Crippen LogP contribution in [0, 0.1) is 16.7 Å². The Hall–Kier alpha value is -3.07. The number of hydrogen-bond acceptors (Lipinski definition) is 3. The molecule has 1 aromatic carbocycles. The SMILES string of the molecule is CC(C)(C)C(C(=O)N1CCC(C(=O)NCC#N)(c2ccccc2)CC1)n1cccc1. The summed E-state index contributed by atoms with van der Waals surface area (Å²) in [4.78, 5) is 28.4. The van der Waals surface area contributed by atoms with Crippen LogP contribution in [0.3, 0.4) is 0 Å². The summed E-state index contributed by atoms with van der Waals surface area (Å²) in [6.07, 6.45) is 4.92. The van der Waals surface area contributed by atoms with Crippen LogP contribution < -0.4 is 5.32 Å². The Kier molecular flexibility index (Phi) is 6.31. The van der Waals surface area contributed by atoms with Gasteiger partial charge in [0.1, 0.15) is 12.6 Å². The first-order chi connectivity index (χ1) is 14.3. The Morgan fingerprint density at radius 3 is 2.23 bits per heavy atom. The molecule has 158 valence electrons. The number of carbonyl (C=O) groups excluding carboxylic acids is 2. The zero-order valence-electron chi connectivity index (χ0n) is 18.0. The molecule has 0 saturated carbocycles. The van der Waals surface area contributed by atoms with Crippen LogP contribution in [0.1, 0.15) is 45.2 Å². The molecule has 2 amide bonds. The molecular weight excluding hydrogens is 376 g/mol. The number of nitrogens with one attached hydrogen (secondary N) is 1. The van der Waals surface area contributed by atoms with Crippen LogP contribution in [-0.4, -0.2) is 40.9 Å². The molecule has 1 saturated heterocycles. The Bertz CT molecular complexity index is 899. The molecule has 0 spiro atoms. The highest BCUT2D eigenvalue weighted by atomic mass is 16.2. The van der Waals surface area contributed by atoms with E-state index in [0.717, 1.165) is 5.56 Å². The van der Waals surface area contributed by atoms with E-state index in [-0.39, 0.29) is 29.8 Å². The molecule has 6 heteroatoms. The number of piperidine rings is 1. The second-order valence-electron chi connectivity index (χ2n) is 9.01. The quantitative estimate of drug-likeness (QED) is 0.774. The van der Waals surface area contributed by atoms with Gasteiger partial charge in [-0.2, -0.15) is 5.26 Å². The number of carbonyl (C=O) groups is 2. The molecule has 1 aliphatic rings. The Balaban J connectivity index is 1.83. The molecular formula is C24H30N4O2. The highest BCUT2D eigenvalue weighted by Gasteiger charge is 2.45. The van der Waals surface area contributed by atoms with E-state index in [9.17, 15) is 9.59 Å². The van der Waals surface area contributed by atoms with Gasteiger partial charge in [-0.1, -0.05) is 51.1 Å². The van der Waals surface area contributed by atoms with Crippen molar-refractivity contribution in [3.8, 4) is 6.07 Å². The molecule has 3 rings (SSSR count). The first-order valence-corrected chi connectivity index (χ1v) is 10.4. The van der Waals surface area contributed by atoms with Gasteiger partial charge in [-0.3, -0.25) is 9.59 Å². The van der Waals surface area contributed by atoms with Crippen molar-refractivity contribution in [1.82, 2.24) is 14.8 Å². The summed E-state index contributed by atoms with van der Waals surface area (Å²) in [6, 6.07) is 15.2. The van der Waals surface area contributed by atoms with E-state index in [1.807, 2.05) is 70.4 Å². The second-order valence-corrected chi connectivity index (χ2v) is 9.01. The average molecular weight is 407 g/mol. The van der Waals surface area contributed by atoms with E-state index in [0.29, 0.717) is 25.9 Å². The number of nitrogens with zero attached hydrogens (tertiary/aromatic N) is 3. The van der Waals surface area contributed by atoms with Crippen LogP contribution in [0.25, 0.3) is 0 Å². The third-order valence-corrected chi connectivity index (χ3v) is 6.00. The van der Waals surface area contributed by atoms with Gasteiger partial charge >= 0.3 is 0 Å². The van der Waals surface area contributed by atoms with Crippen LogP contribution in [0.2, 0.25) is 0 Å². The molecule has 30 heavy (non-hydrogen) atoms. The van der Waals surface area contributed by atoms with Crippen LogP contribution in [0.15, 0.2) is 54.9 Å². The highest BCUT2D eigenvalue weighted by molar-refractivity contribution is 5.89. The lowest BCUT2D eigenvalue weighted by Gasteiger charge is -2.43. The van der Waals surface area contributed by atoms with E-state index in [1.54, 1.807) is 0 Å². The van der Waals surface area contributed by atoms with E-state index in [2.05, 4.69) is 26.1 Å². The summed E-state index contributed by atoms with van der Waals surface area (Å²) >= 11 is 0. The fourth-order valence-corrected chi connectivity index (χ4v) is 4.44. The largest absolute Gasteiger partial charge is 0.342 e. The fourth-order valence-electron chi connectivity index (χ4n) is 4.44. The molecule has 1 atom stereocenters. The van der Waals surface area contributed by atoms with Gasteiger partial charge in [0.25, 0.3) is 0 Å². The Morgan fingerprint density at radius 2 is 1.70 bits per heavy atom. The van der Waals surface area contributed by atoms with Crippen LogP contribution in [0.5, 0.6) is 0 Å². The summed E-state index contributed by atoms with van der Waals surface area (Å²) < 4.78 is 1.97. The minimum absolute atomic E-state index is 0.0181. The van der Waals surface area contributed by atoms with Gasteiger partial charge in [-0.05, 0) is 36.0 Å². The molecule has 1 unspecified atom stereocenters. The Labute approximate surface area is 178 Å². The maximum absolute atomic E-state index is 13.5. The lowest BCUT2D eigenvalue weighted by Crippen LogP contribution is -2.54. The topological polar surface area (TPSA) is 78.1 Å². The normalized spacial score (nSPS) is 17.1. The molecule has 2 heterocycles. The maximum Gasteiger partial charge on any atom is 0.246 e. The third-order valence-electron chi connectivity index (χ3n) is 6.00. The van der Waals surface area contributed by atoms with Gasteiger partial charge < -0.3 is 14.8 Å². The first kappa shape index (κ1) is 21.6. The number of hydrogen-bond donors (Lipinski definition) is 1. The lowest BCUT2D eigenvalue weighted by molar-refractivity contribution is -0.142. The zero-order chi connectivity index (χ0) is 21.8. The Morgan fingerprint density at radius 1 is 1.10 bits per heavy atom. The minimum Gasteiger partial charge on any atom is -0.342 e. The molecule has 0 aliphatic carbocycles. The molecule has 1 fully saturated rings. The number of benzene rings is 1. The van der Waals surface area contributed by atoms with Crippen LogP contribution >= 0.6 is 0 Å². The number of aromatic nitrogens is 1. The molecule has 1 aliphatic heterocycles. The first-order valence-electron chi connectivity index (χ1n) is 10.4. The molecule has 2 aromatic rings. The van der Waals surface area contributed by atoms with Crippen molar-refractivity contribution >= 4 is 11.8 Å². The van der Waals surface area contributed by atoms with E-state index in [4.69, 9.17) is 5.26 Å². The number of likely N-dealkylation sites (tertiary alicyclic amines) is 1. The zero-order valence-corrected chi connectivity index (χ0v) is 18.0.